The molecule has 0 spiro atoms. The molecular weight excluding hydrogens is 590 g/mol. The lowest BCUT2D eigenvalue weighted by atomic mass is 10.2. The first-order chi connectivity index (χ1) is 14.0. The number of rotatable bonds is 6. The third-order valence-corrected chi connectivity index (χ3v) is 5.16. The molecule has 0 aliphatic rings. The summed E-state index contributed by atoms with van der Waals surface area (Å²) in [4.78, 5) is 23.2. The fraction of sp³-hybridized carbons (Fsp3) is 0.176. The number of carbonyl (C=O) groups is 1. The van der Waals surface area contributed by atoms with Crippen LogP contribution in [-0.4, -0.2) is 33.0 Å². The van der Waals surface area contributed by atoms with Gasteiger partial charge in [-0.05, 0) is 65.1 Å². The Morgan fingerprint density at radius 2 is 1.93 bits per heavy atom. The number of amides is 1. The highest BCUT2D eigenvalue weighted by Gasteiger charge is 2.35. The third kappa shape index (κ3) is 6.98. The molecule has 0 aromatic heterocycles. The molecule has 8 nitrogen and oxygen atoms in total. The molecule has 0 radical (unpaired) electrons. The molecular formula is C17H14Cl3IN4O4S. The van der Waals surface area contributed by atoms with E-state index in [1.165, 1.54) is 25.3 Å². The van der Waals surface area contributed by atoms with Crippen molar-refractivity contribution in [1.29, 1.82) is 0 Å². The second-order valence-electron chi connectivity index (χ2n) is 5.70. The topological polar surface area (TPSA) is 106 Å². The average molecular weight is 604 g/mol. The van der Waals surface area contributed by atoms with Gasteiger partial charge in [0, 0.05) is 9.13 Å². The Hall–Kier alpha value is -1.60. The van der Waals surface area contributed by atoms with Gasteiger partial charge in [0.25, 0.3) is 11.6 Å². The normalized spacial score (nSPS) is 11.9. The predicted octanol–water partition coefficient (Wildman–Crippen LogP) is 4.62. The van der Waals surface area contributed by atoms with E-state index >= 15 is 0 Å². The highest BCUT2D eigenvalue weighted by Crippen LogP contribution is 2.31. The zero-order chi connectivity index (χ0) is 22.5. The highest BCUT2D eigenvalue weighted by atomic mass is 127. The Labute approximate surface area is 205 Å². The number of nitrogens with one attached hydrogen (secondary N) is 3. The summed E-state index contributed by atoms with van der Waals surface area (Å²) in [5, 5.41) is 19.1. The SMILES string of the molecule is COc1ccc(NC(=S)N[C@@H](NC(=O)c2cccc(I)c2)C(Cl)(Cl)Cl)c([N+](=O)[O-])c1. The van der Waals surface area contributed by atoms with Crippen LogP contribution in [0.3, 0.4) is 0 Å². The number of nitrogens with zero attached hydrogens (tertiary/aromatic N) is 1. The molecule has 0 heterocycles. The third-order valence-electron chi connectivity index (χ3n) is 3.61. The van der Waals surface area contributed by atoms with Crippen molar-refractivity contribution in [3.8, 4) is 5.75 Å². The Morgan fingerprint density at radius 3 is 2.50 bits per heavy atom. The smallest absolute Gasteiger partial charge is 0.296 e. The van der Waals surface area contributed by atoms with Crippen LogP contribution in [0.5, 0.6) is 5.75 Å². The quantitative estimate of drug-likeness (QED) is 0.111. The lowest BCUT2D eigenvalue weighted by Crippen LogP contribution is -2.56. The summed E-state index contributed by atoms with van der Waals surface area (Å²) in [5.41, 5.74) is 0.171. The number of nitro benzene ring substituents is 1. The van der Waals surface area contributed by atoms with Gasteiger partial charge in [-0.1, -0.05) is 40.9 Å². The van der Waals surface area contributed by atoms with E-state index in [4.69, 9.17) is 51.8 Å². The standard InChI is InChI=1S/C17H14Cl3IN4O4S/c1-29-11-5-6-12(13(8-11)25(27)28)22-16(30)24-15(17(18,19)20)23-14(26)9-3-2-4-10(21)7-9/h2-8,15H,1H3,(H,23,26)(H2,22,24,30)/t15-/m1/s1. The molecule has 0 aliphatic carbocycles. The summed E-state index contributed by atoms with van der Waals surface area (Å²) in [6, 6.07) is 11.0. The van der Waals surface area contributed by atoms with Crippen LogP contribution in [0.1, 0.15) is 10.4 Å². The van der Waals surface area contributed by atoms with Crippen LogP contribution < -0.4 is 20.7 Å². The zero-order valence-corrected chi connectivity index (χ0v) is 20.4. The van der Waals surface area contributed by atoms with Crippen LogP contribution in [0, 0.1) is 13.7 Å². The number of methoxy groups -OCH3 is 1. The van der Waals surface area contributed by atoms with Crippen molar-refractivity contribution in [2.45, 2.75) is 9.96 Å². The van der Waals surface area contributed by atoms with E-state index in [0.717, 1.165) is 3.57 Å². The molecule has 0 bridgehead atoms. The number of alkyl halides is 3. The molecule has 2 aromatic rings. The summed E-state index contributed by atoms with van der Waals surface area (Å²) in [7, 11) is 1.39. The number of hydrogen-bond donors (Lipinski definition) is 3. The maximum atomic E-state index is 12.5. The van der Waals surface area contributed by atoms with Crippen LogP contribution >= 0.6 is 69.6 Å². The van der Waals surface area contributed by atoms with E-state index in [1.54, 1.807) is 18.2 Å². The molecule has 160 valence electrons. The summed E-state index contributed by atoms with van der Waals surface area (Å²) in [6.45, 7) is 0. The predicted molar refractivity (Wildman–Crippen MR) is 130 cm³/mol. The van der Waals surface area contributed by atoms with Gasteiger partial charge in [0.05, 0.1) is 18.1 Å². The number of benzene rings is 2. The van der Waals surface area contributed by atoms with E-state index in [-0.39, 0.29) is 16.5 Å². The van der Waals surface area contributed by atoms with Crippen molar-refractivity contribution < 1.29 is 14.5 Å². The summed E-state index contributed by atoms with van der Waals surface area (Å²) in [6.07, 6.45) is -1.23. The lowest BCUT2D eigenvalue weighted by molar-refractivity contribution is -0.384. The van der Waals surface area contributed by atoms with Crippen molar-refractivity contribution in [2.24, 2.45) is 0 Å². The molecule has 1 atom stereocenters. The van der Waals surface area contributed by atoms with E-state index in [9.17, 15) is 14.9 Å². The van der Waals surface area contributed by atoms with Crippen molar-refractivity contribution in [1.82, 2.24) is 10.6 Å². The molecule has 2 rings (SSSR count). The minimum atomic E-state index is -1.98. The summed E-state index contributed by atoms with van der Waals surface area (Å²) >= 11 is 25.2. The Kier molecular flexibility index (Phi) is 8.73. The van der Waals surface area contributed by atoms with Gasteiger partial charge in [-0.15, -0.1) is 0 Å². The second-order valence-corrected chi connectivity index (χ2v) is 9.72. The molecule has 0 unspecified atom stereocenters. The average Bonchev–Trinajstić information content (AvgIpc) is 2.66. The maximum absolute atomic E-state index is 12.5. The van der Waals surface area contributed by atoms with Crippen molar-refractivity contribution >= 4 is 92.0 Å². The van der Waals surface area contributed by atoms with Crippen molar-refractivity contribution in [2.75, 3.05) is 12.4 Å². The Balaban J connectivity index is 2.16. The van der Waals surface area contributed by atoms with Crippen molar-refractivity contribution in [3.63, 3.8) is 0 Å². The highest BCUT2D eigenvalue weighted by molar-refractivity contribution is 14.1. The lowest BCUT2D eigenvalue weighted by Gasteiger charge is -2.27. The number of halogens is 4. The molecule has 30 heavy (non-hydrogen) atoms. The number of anilines is 1. The summed E-state index contributed by atoms with van der Waals surface area (Å²) < 4.78 is 3.86. The summed E-state index contributed by atoms with van der Waals surface area (Å²) in [5.74, 6) is -0.203. The maximum Gasteiger partial charge on any atom is 0.296 e. The van der Waals surface area contributed by atoms with Gasteiger partial charge < -0.3 is 20.7 Å². The molecule has 1 amide bonds. The van der Waals surface area contributed by atoms with E-state index in [1.807, 2.05) is 6.07 Å². The van der Waals surface area contributed by atoms with Crippen LogP contribution in [0.2, 0.25) is 0 Å². The van der Waals surface area contributed by atoms with Gasteiger partial charge in [-0.2, -0.15) is 0 Å². The van der Waals surface area contributed by atoms with E-state index in [0.29, 0.717) is 11.3 Å². The van der Waals surface area contributed by atoms with Gasteiger partial charge in [0.15, 0.2) is 5.11 Å². The monoisotopic (exact) mass is 602 g/mol. The van der Waals surface area contributed by atoms with Crippen molar-refractivity contribution in [3.05, 3.63) is 61.7 Å². The fourth-order valence-electron chi connectivity index (χ4n) is 2.23. The first-order valence-corrected chi connectivity index (χ1v) is 10.7. The number of carbonyl (C=O) groups excluding carboxylic acids is 1. The minimum Gasteiger partial charge on any atom is -0.496 e. The van der Waals surface area contributed by atoms with E-state index < -0.39 is 20.8 Å². The largest absolute Gasteiger partial charge is 0.496 e. The number of thiocarbonyl (C=S) groups is 1. The van der Waals surface area contributed by atoms with Gasteiger partial charge in [0.1, 0.15) is 17.6 Å². The minimum absolute atomic E-state index is 0.0882. The molecule has 0 saturated heterocycles. The first kappa shape index (κ1) is 24.7. The van der Waals surface area contributed by atoms with Crippen LogP contribution in [0.25, 0.3) is 0 Å². The molecule has 3 N–H and O–H groups in total. The molecule has 0 aliphatic heterocycles. The second kappa shape index (κ2) is 10.6. The first-order valence-electron chi connectivity index (χ1n) is 8.04. The molecule has 0 fully saturated rings. The van der Waals surface area contributed by atoms with Crippen LogP contribution in [0.4, 0.5) is 11.4 Å². The van der Waals surface area contributed by atoms with Gasteiger partial charge in [-0.3, -0.25) is 14.9 Å². The van der Waals surface area contributed by atoms with E-state index in [2.05, 4.69) is 38.5 Å². The van der Waals surface area contributed by atoms with Gasteiger partial charge >= 0.3 is 0 Å². The fourth-order valence-corrected chi connectivity index (χ4v) is 3.33. The zero-order valence-electron chi connectivity index (χ0n) is 15.1. The molecule has 2 aromatic carbocycles. The van der Waals surface area contributed by atoms with Crippen LogP contribution in [0.15, 0.2) is 42.5 Å². The van der Waals surface area contributed by atoms with Gasteiger partial charge in [-0.25, -0.2) is 0 Å². The Bertz CT molecular complexity index is 974. The Morgan fingerprint density at radius 1 is 1.23 bits per heavy atom. The number of nitro groups is 1. The number of ether oxygens (including phenoxy) is 1. The molecule has 0 saturated carbocycles. The van der Waals surface area contributed by atoms with Crippen LogP contribution in [-0.2, 0) is 0 Å². The number of hydrogen-bond acceptors (Lipinski definition) is 5. The molecule has 13 heteroatoms. The van der Waals surface area contributed by atoms with Gasteiger partial charge in [0.2, 0.25) is 3.79 Å².